The van der Waals surface area contributed by atoms with Gasteiger partial charge in [0.25, 0.3) is 5.56 Å². The summed E-state index contributed by atoms with van der Waals surface area (Å²) in [6.45, 7) is 1.50. The van der Waals surface area contributed by atoms with Crippen LogP contribution in [0.3, 0.4) is 0 Å². The fourth-order valence-electron chi connectivity index (χ4n) is 3.39. The number of anilines is 1. The smallest absolute Gasteiger partial charge is 0.272 e. The molecule has 0 aliphatic rings. The van der Waals surface area contributed by atoms with Gasteiger partial charge in [0.1, 0.15) is 11.7 Å². The molecule has 5 nitrogen and oxygen atoms in total. The largest absolute Gasteiger partial charge is 0.319 e. The van der Waals surface area contributed by atoms with Crippen molar-refractivity contribution in [1.82, 2.24) is 9.97 Å². The zero-order valence-electron chi connectivity index (χ0n) is 15.4. The number of para-hydroxylation sites is 3. The molecule has 28 heavy (non-hydrogen) atoms. The highest BCUT2D eigenvalue weighted by atomic mass is 16.2. The third kappa shape index (κ3) is 3.30. The summed E-state index contributed by atoms with van der Waals surface area (Å²) in [4.78, 5) is 34.8. The molecule has 0 aliphatic heterocycles. The highest BCUT2D eigenvalue weighted by Gasteiger charge is 2.29. The van der Waals surface area contributed by atoms with Crippen LogP contribution in [0.4, 0.5) is 5.69 Å². The molecule has 1 amide bonds. The number of carbonyl (C=O) groups is 1. The zero-order valence-corrected chi connectivity index (χ0v) is 15.4. The summed E-state index contributed by atoms with van der Waals surface area (Å²) in [6, 6.07) is 25.5. The standard InChI is InChI=1S/C23H19N3O2/c1-16(27)26(18-12-6-3-7-13-18)22(17-10-4-2-5-11-17)21-23(28)25-20-15-9-8-14-19(20)24-21/h2-15,22H,1H3,(H,25,28). The molecule has 1 atom stereocenters. The average Bonchev–Trinajstić information content (AvgIpc) is 2.72. The van der Waals surface area contributed by atoms with E-state index < -0.39 is 6.04 Å². The summed E-state index contributed by atoms with van der Waals surface area (Å²) < 4.78 is 0. The van der Waals surface area contributed by atoms with E-state index in [4.69, 9.17) is 0 Å². The number of benzene rings is 3. The molecule has 1 N–H and O–H groups in total. The molecule has 0 saturated carbocycles. The fourth-order valence-corrected chi connectivity index (χ4v) is 3.39. The average molecular weight is 369 g/mol. The lowest BCUT2D eigenvalue weighted by atomic mass is 10.0. The highest BCUT2D eigenvalue weighted by molar-refractivity contribution is 5.93. The quantitative estimate of drug-likeness (QED) is 0.590. The Morgan fingerprint density at radius 3 is 2.18 bits per heavy atom. The molecule has 1 aromatic heterocycles. The van der Waals surface area contributed by atoms with Gasteiger partial charge in [-0.1, -0.05) is 60.7 Å². The monoisotopic (exact) mass is 369 g/mol. The van der Waals surface area contributed by atoms with Crippen molar-refractivity contribution in [2.24, 2.45) is 0 Å². The van der Waals surface area contributed by atoms with Crippen LogP contribution in [-0.4, -0.2) is 15.9 Å². The first kappa shape index (κ1) is 17.7. The van der Waals surface area contributed by atoms with Gasteiger partial charge in [-0.15, -0.1) is 0 Å². The highest BCUT2D eigenvalue weighted by Crippen LogP contribution is 2.31. The van der Waals surface area contributed by atoms with Crippen molar-refractivity contribution in [3.05, 3.63) is 107 Å². The van der Waals surface area contributed by atoms with Gasteiger partial charge in [0.15, 0.2) is 0 Å². The van der Waals surface area contributed by atoms with Crippen molar-refractivity contribution in [2.75, 3.05) is 4.90 Å². The van der Waals surface area contributed by atoms with E-state index in [0.29, 0.717) is 16.7 Å². The molecular formula is C23H19N3O2. The van der Waals surface area contributed by atoms with Gasteiger partial charge in [-0.2, -0.15) is 0 Å². The molecule has 5 heteroatoms. The van der Waals surface area contributed by atoms with Gasteiger partial charge >= 0.3 is 0 Å². The normalized spacial score (nSPS) is 11.9. The maximum atomic E-state index is 13.0. The molecule has 3 aromatic carbocycles. The van der Waals surface area contributed by atoms with Gasteiger partial charge in [0.05, 0.1) is 11.0 Å². The molecule has 0 fully saturated rings. The number of nitrogens with zero attached hydrogens (tertiary/aromatic N) is 2. The molecule has 1 unspecified atom stereocenters. The van der Waals surface area contributed by atoms with E-state index in [1.165, 1.54) is 6.92 Å². The lowest BCUT2D eigenvalue weighted by Gasteiger charge is -2.30. The number of rotatable bonds is 4. The molecule has 138 valence electrons. The van der Waals surface area contributed by atoms with Crippen molar-refractivity contribution < 1.29 is 4.79 Å². The molecule has 4 rings (SSSR count). The number of aromatic nitrogens is 2. The van der Waals surface area contributed by atoms with E-state index in [1.54, 1.807) is 4.90 Å². The Hall–Kier alpha value is -3.73. The van der Waals surface area contributed by atoms with Gasteiger partial charge in [0.2, 0.25) is 5.91 Å². The van der Waals surface area contributed by atoms with Crippen LogP contribution in [0.1, 0.15) is 24.2 Å². The van der Waals surface area contributed by atoms with Crippen molar-refractivity contribution in [3.8, 4) is 0 Å². The van der Waals surface area contributed by atoms with Gasteiger partial charge in [-0.3, -0.25) is 14.5 Å². The number of aromatic amines is 1. The van der Waals surface area contributed by atoms with Crippen molar-refractivity contribution in [1.29, 1.82) is 0 Å². The van der Waals surface area contributed by atoms with Crippen molar-refractivity contribution in [3.63, 3.8) is 0 Å². The van der Waals surface area contributed by atoms with E-state index in [1.807, 2.05) is 84.9 Å². The van der Waals surface area contributed by atoms with Crippen LogP contribution in [0.2, 0.25) is 0 Å². The molecule has 1 heterocycles. The zero-order chi connectivity index (χ0) is 19.5. The maximum absolute atomic E-state index is 13.0. The summed E-state index contributed by atoms with van der Waals surface area (Å²) in [5, 5.41) is 0. The Morgan fingerprint density at radius 2 is 1.50 bits per heavy atom. The summed E-state index contributed by atoms with van der Waals surface area (Å²) >= 11 is 0. The van der Waals surface area contributed by atoms with Crippen LogP contribution in [0, 0.1) is 0 Å². The topological polar surface area (TPSA) is 66.1 Å². The molecule has 4 aromatic rings. The third-order valence-electron chi connectivity index (χ3n) is 4.63. The van der Waals surface area contributed by atoms with Crippen molar-refractivity contribution >= 4 is 22.6 Å². The van der Waals surface area contributed by atoms with Crippen molar-refractivity contribution in [2.45, 2.75) is 13.0 Å². The summed E-state index contributed by atoms with van der Waals surface area (Å²) in [5.74, 6) is -0.172. The Morgan fingerprint density at radius 1 is 0.893 bits per heavy atom. The lowest BCUT2D eigenvalue weighted by molar-refractivity contribution is -0.116. The van der Waals surface area contributed by atoms with Crippen LogP contribution in [-0.2, 0) is 4.79 Å². The summed E-state index contributed by atoms with van der Waals surface area (Å²) in [7, 11) is 0. The van der Waals surface area contributed by atoms with E-state index >= 15 is 0 Å². The predicted molar refractivity (Wildman–Crippen MR) is 110 cm³/mol. The van der Waals surface area contributed by atoms with Crippen LogP contribution >= 0.6 is 0 Å². The fraction of sp³-hybridized carbons (Fsp3) is 0.0870. The van der Waals surface area contributed by atoms with E-state index in [2.05, 4.69) is 9.97 Å². The van der Waals surface area contributed by atoms with Crippen LogP contribution < -0.4 is 10.5 Å². The maximum Gasteiger partial charge on any atom is 0.272 e. The molecule has 0 saturated heterocycles. The Kier molecular flexibility index (Phi) is 4.72. The minimum atomic E-state index is -0.644. The van der Waals surface area contributed by atoms with Gasteiger partial charge < -0.3 is 4.98 Å². The Balaban J connectivity index is 1.98. The number of H-pyrrole nitrogens is 1. The van der Waals surface area contributed by atoms with Crippen LogP contribution in [0.5, 0.6) is 0 Å². The number of carbonyl (C=O) groups excluding carboxylic acids is 1. The van der Waals surface area contributed by atoms with Gasteiger partial charge in [-0.05, 0) is 29.8 Å². The second-order valence-corrected chi connectivity index (χ2v) is 6.51. The van der Waals surface area contributed by atoms with Gasteiger partial charge in [0, 0.05) is 12.6 Å². The molecular weight excluding hydrogens is 350 g/mol. The molecule has 0 bridgehead atoms. The molecule has 0 spiro atoms. The number of amides is 1. The van der Waals surface area contributed by atoms with Crippen LogP contribution in [0.25, 0.3) is 11.0 Å². The Bertz CT molecular complexity index is 1170. The first-order valence-corrected chi connectivity index (χ1v) is 9.04. The number of hydrogen-bond donors (Lipinski definition) is 1. The summed E-state index contributed by atoms with van der Waals surface area (Å²) in [5.41, 5.74) is 2.83. The molecule has 0 radical (unpaired) electrons. The molecule has 0 aliphatic carbocycles. The first-order chi connectivity index (χ1) is 13.6. The summed E-state index contributed by atoms with van der Waals surface area (Å²) in [6.07, 6.45) is 0. The second-order valence-electron chi connectivity index (χ2n) is 6.51. The number of nitrogens with one attached hydrogen (secondary N) is 1. The second kappa shape index (κ2) is 7.48. The van der Waals surface area contributed by atoms with Gasteiger partial charge in [-0.25, -0.2) is 4.98 Å². The Labute approximate surface area is 162 Å². The minimum Gasteiger partial charge on any atom is -0.319 e. The van der Waals surface area contributed by atoms with E-state index in [9.17, 15) is 9.59 Å². The van der Waals surface area contributed by atoms with E-state index in [0.717, 1.165) is 5.56 Å². The number of fused-ring (bicyclic) bond motifs is 1. The number of hydrogen-bond acceptors (Lipinski definition) is 3. The first-order valence-electron chi connectivity index (χ1n) is 9.04. The predicted octanol–water partition coefficient (Wildman–Crippen LogP) is 4.07. The van der Waals surface area contributed by atoms with Crippen LogP contribution in [0.15, 0.2) is 89.7 Å². The minimum absolute atomic E-state index is 0.172. The van der Waals surface area contributed by atoms with E-state index in [-0.39, 0.29) is 17.2 Å². The SMILES string of the molecule is CC(=O)N(c1ccccc1)C(c1ccccc1)c1nc2ccccc2[nH]c1=O. The lowest BCUT2D eigenvalue weighted by Crippen LogP contribution is -2.37. The third-order valence-corrected chi connectivity index (χ3v) is 4.63.